The number of aryl methyl sites for hydroxylation is 2. The van der Waals surface area contributed by atoms with E-state index in [1.165, 1.54) is 5.56 Å². The monoisotopic (exact) mass is 254 g/mol. The maximum Gasteiger partial charge on any atom is 0.176 e. The van der Waals surface area contributed by atoms with Crippen molar-refractivity contribution in [1.29, 1.82) is 0 Å². The Labute approximate surface area is 93.7 Å². The van der Waals surface area contributed by atoms with Crippen molar-refractivity contribution in [3.8, 4) is 0 Å². The Morgan fingerprint density at radius 3 is 2.57 bits per heavy atom. The molecular formula is C12H15BrO. The summed E-state index contributed by atoms with van der Waals surface area (Å²) in [6.45, 7) is 6.02. The summed E-state index contributed by atoms with van der Waals surface area (Å²) < 4.78 is 0. The third-order valence-corrected chi connectivity index (χ3v) is 3.35. The Morgan fingerprint density at radius 2 is 2.07 bits per heavy atom. The summed E-state index contributed by atoms with van der Waals surface area (Å²) in [6.07, 6.45) is 0.826. The van der Waals surface area contributed by atoms with Crippen molar-refractivity contribution in [2.75, 3.05) is 0 Å². The van der Waals surface area contributed by atoms with E-state index in [0.29, 0.717) is 0 Å². The van der Waals surface area contributed by atoms with E-state index in [1.54, 1.807) is 0 Å². The van der Waals surface area contributed by atoms with E-state index in [9.17, 15) is 4.79 Å². The Morgan fingerprint density at radius 1 is 1.43 bits per heavy atom. The van der Waals surface area contributed by atoms with Gasteiger partial charge in [0.05, 0.1) is 4.83 Å². The fourth-order valence-corrected chi connectivity index (χ4v) is 1.69. The fraction of sp³-hybridized carbons (Fsp3) is 0.417. The molecule has 1 aromatic rings. The second-order valence-electron chi connectivity index (χ2n) is 3.56. The number of alkyl halides is 1. The molecule has 76 valence electrons. The van der Waals surface area contributed by atoms with Gasteiger partial charge in [0.2, 0.25) is 0 Å². The summed E-state index contributed by atoms with van der Waals surface area (Å²) in [5.41, 5.74) is 3.09. The molecule has 0 spiro atoms. The number of Topliss-reactive ketones (excluding diaryl/α,β-unsaturated/α-hetero) is 1. The van der Waals surface area contributed by atoms with Gasteiger partial charge in [-0.05, 0) is 25.8 Å². The smallest absolute Gasteiger partial charge is 0.176 e. The molecule has 0 bridgehead atoms. The minimum absolute atomic E-state index is 0.0519. The van der Waals surface area contributed by atoms with Gasteiger partial charge in [0.15, 0.2) is 5.78 Å². The Balaban J connectivity index is 3.02. The summed E-state index contributed by atoms with van der Waals surface area (Å²) in [5, 5.41) is 0. The number of hydrogen-bond acceptors (Lipinski definition) is 1. The van der Waals surface area contributed by atoms with E-state index in [0.717, 1.165) is 17.5 Å². The molecule has 1 aromatic carbocycles. The molecule has 0 aliphatic rings. The molecule has 0 aromatic heterocycles. The normalized spacial score (nSPS) is 12.6. The molecule has 0 saturated carbocycles. The van der Waals surface area contributed by atoms with E-state index in [4.69, 9.17) is 0 Å². The van der Waals surface area contributed by atoms with Crippen molar-refractivity contribution in [3.63, 3.8) is 0 Å². The Bertz CT molecular complexity index is 344. The summed E-state index contributed by atoms with van der Waals surface area (Å²) in [7, 11) is 0. The number of carbonyl (C=O) groups is 1. The molecule has 0 fully saturated rings. The van der Waals surface area contributed by atoms with Gasteiger partial charge in [-0.25, -0.2) is 0 Å². The highest BCUT2D eigenvalue weighted by Gasteiger charge is 2.16. The lowest BCUT2D eigenvalue weighted by atomic mass is 10.00. The SMILES string of the molecule is CC[C@H](Br)C(=O)c1ccc(C)cc1C. The lowest BCUT2D eigenvalue weighted by molar-refractivity contribution is 0.0989. The maximum absolute atomic E-state index is 11.9. The maximum atomic E-state index is 11.9. The average molecular weight is 255 g/mol. The molecule has 0 radical (unpaired) electrons. The van der Waals surface area contributed by atoms with E-state index in [1.807, 2.05) is 39.0 Å². The first-order valence-corrected chi connectivity index (χ1v) is 5.73. The van der Waals surface area contributed by atoms with Crippen LogP contribution in [0.4, 0.5) is 0 Å². The van der Waals surface area contributed by atoms with Crippen LogP contribution in [-0.2, 0) is 0 Å². The number of rotatable bonds is 3. The number of hydrogen-bond donors (Lipinski definition) is 0. The van der Waals surface area contributed by atoms with Crippen LogP contribution in [0, 0.1) is 13.8 Å². The molecule has 2 heteroatoms. The lowest BCUT2D eigenvalue weighted by Gasteiger charge is -2.09. The van der Waals surface area contributed by atoms with Gasteiger partial charge in [-0.2, -0.15) is 0 Å². The molecule has 0 saturated heterocycles. The fourth-order valence-electron chi connectivity index (χ4n) is 1.44. The van der Waals surface area contributed by atoms with Crippen LogP contribution in [0.3, 0.4) is 0 Å². The van der Waals surface area contributed by atoms with Gasteiger partial charge in [0.25, 0.3) is 0 Å². The minimum atomic E-state index is -0.0519. The van der Waals surface area contributed by atoms with Gasteiger partial charge in [-0.15, -0.1) is 0 Å². The predicted octanol–water partition coefficient (Wildman–Crippen LogP) is 3.66. The topological polar surface area (TPSA) is 17.1 Å². The van der Waals surface area contributed by atoms with Gasteiger partial charge in [-0.1, -0.05) is 46.6 Å². The average Bonchev–Trinajstić information content (AvgIpc) is 2.15. The van der Waals surface area contributed by atoms with Crippen molar-refractivity contribution in [1.82, 2.24) is 0 Å². The van der Waals surface area contributed by atoms with Crippen LogP contribution in [0.5, 0.6) is 0 Å². The van der Waals surface area contributed by atoms with E-state index < -0.39 is 0 Å². The summed E-state index contributed by atoms with van der Waals surface area (Å²) in [6, 6.07) is 5.94. The highest BCUT2D eigenvalue weighted by Crippen LogP contribution is 2.17. The molecule has 0 unspecified atom stereocenters. The lowest BCUT2D eigenvalue weighted by Crippen LogP contribution is -2.14. The number of benzene rings is 1. The zero-order valence-electron chi connectivity index (χ0n) is 8.80. The summed E-state index contributed by atoms with van der Waals surface area (Å²) in [5.74, 6) is 0.185. The first kappa shape index (κ1) is 11.4. The molecule has 1 rings (SSSR count). The number of carbonyl (C=O) groups excluding carboxylic acids is 1. The summed E-state index contributed by atoms with van der Waals surface area (Å²) in [4.78, 5) is 11.8. The molecule has 0 aliphatic carbocycles. The highest BCUT2D eigenvalue weighted by atomic mass is 79.9. The van der Waals surface area contributed by atoms with Crippen LogP contribution < -0.4 is 0 Å². The highest BCUT2D eigenvalue weighted by molar-refractivity contribution is 9.10. The van der Waals surface area contributed by atoms with Crippen molar-refractivity contribution < 1.29 is 4.79 Å². The van der Waals surface area contributed by atoms with Crippen molar-refractivity contribution in [2.45, 2.75) is 32.0 Å². The van der Waals surface area contributed by atoms with Gasteiger partial charge < -0.3 is 0 Å². The number of ketones is 1. The van der Waals surface area contributed by atoms with Crippen molar-refractivity contribution >= 4 is 21.7 Å². The molecule has 0 amide bonds. The van der Waals surface area contributed by atoms with Crippen LogP contribution in [0.2, 0.25) is 0 Å². The van der Waals surface area contributed by atoms with Crippen LogP contribution in [0.25, 0.3) is 0 Å². The molecule has 1 atom stereocenters. The van der Waals surface area contributed by atoms with E-state index in [-0.39, 0.29) is 10.6 Å². The third kappa shape index (κ3) is 2.44. The quantitative estimate of drug-likeness (QED) is 0.595. The standard InChI is InChI=1S/C12H15BrO/c1-4-11(13)12(14)10-6-5-8(2)7-9(10)3/h5-7,11H,4H2,1-3H3/t11-/m0/s1. The Kier molecular flexibility index (Phi) is 3.87. The molecule has 14 heavy (non-hydrogen) atoms. The zero-order chi connectivity index (χ0) is 10.7. The summed E-state index contributed by atoms with van der Waals surface area (Å²) >= 11 is 3.38. The second-order valence-corrected chi connectivity index (χ2v) is 4.66. The second kappa shape index (κ2) is 4.74. The molecule has 1 nitrogen and oxygen atoms in total. The van der Waals surface area contributed by atoms with Crippen LogP contribution in [0.15, 0.2) is 18.2 Å². The van der Waals surface area contributed by atoms with Crippen LogP contribution >= 0.6 is 15.9 Å². The van der Waals surface area contributed by atoms with E-state index in [2.05, 4.69) is 15.9 Å². The molecule has 0 N–H and O–H groups in total. The van der Waals surface area contributed by atoms with Crippen LogP contribution in [-0.4, -0.2) is 10.6 Å². The van der Waals surface area contributed by atoms with E-state index >= 15 is 0 Å². The molecule has 0 heterocycles. The zero-order valence-corrected chi connectivity index (χ0v) is 10.4. The molecular weight excluding hydrogens is 240 g/mol. The van der Waals surface area contributed by atoms with Crippen LogP contribution in [0.1, 0.15) is 34.8 Å². The molecule has 0 aliphatic heterocycles. The van der Waals surface area contributed by atoms with Gasteiger partial charge in [-0.3, -0.25) is 4.79 Å². The first-order chi connectivity index (χ1) is 6.56. The van der Waals surface area contributed by atoms with Gasteiger partial charge in [0, 0.05) is 5.56 Å². The minimum Gasteiger partial charge on any atom is -0.293 e. The predicted molar refractivity (Wildman–Crippen MR) is 63.3 cm³/mol. The largest absolute Gasteiger partial charge is 0.293 e. The first-order valence-electron chi connectivity index (χ1n) is 4.81. The number of halogens is 1. The van der Waals surface area contributed by atoms with Gasteiger partial charge in [0.1, 0.15) is 0 Å². The van der Waals surface area contributed by atoms with Crippen molar-refractivity contribution in [2.24, 2.45) is 0 Å². The van der Waals surface area contributed by atoms with Gasteiger partial charge >= 0.3 is 0 Å². The Hall–Kier alpha value is -0.630. The van der Waals surface area contributed by atoms with Crippen molar-refractivity contribution in [3.05, 3.63) is 34.9 Å². The third-order valence-electron chi connectivity index (χ3n) is 2.29.